The van der Waals surface area contributed by atoms with Gasteiger partial charge < -0.3 is 14.1 Å². The van der Waals surface area contributed by atoms with Crippen LogP contribution < -0.4 is 0 Å². The molecule has 6 nitrogen and oxygen atoms in total. The number of ether oxygens (including phenoxy) is 1. The van der Waals surface area contributed by atoms with Gasteiger partial charge in [0, 0.05) is 7.05 Å². The van der Waals surface area contributed by atoms with Crippen molar-refractivity contribution < 1.29 is 18.7 Å². The van der Waals surface area contributed by atoms with E-state index in [4.69, 9.17) is 4.42 Å². The Labute approximate surface area is 112 Å². The molecular weight excluding hydrogens is 248 g/mol. The minimum Gasteiger partial charge on any atom is -0.468 e. The largest absolute Gasteiger partial charge is 0.468 e. The van der Waals surface area contributed by atoms with E-state index in [9.17, 15) is 9.59 Å². The van der Waals surface area contributed by atoms with Crippen molar-refractivity contribution in [2.24, 2.45) is 0 Å². The third-order valence-electron chi connectivity index (χ3n) is 2.65. The number of esters is 1. The number of methoxy groups -OCH3 is 1. The number of amides is 1. The van der Waals surface area contributed by atoms with Crippen LogP contribution >= 0.6 is 0 Å². The first-order valence-electron chi connectivity index (χ1n) is 5.97. The molecule has 6 heteroatoms. The molecule has 1 rings (SSSR count). The molecule has 0 atom stereocenters. The molecule has 1 aromatic rings. The van der Waals surface area contributed by atoms with Crippen LogP contribution in [-0.4, -0.2) is 56.0 Å². The van der Waals surface area contributed by atoms with E-state index in [0.29, 0.717) is 6.54 Å². The quantitative estimate of drug-likeness (QED) is 0.709. The zero-order valence-corrected chi connectivity index (χ0v) is 11.8. The van der Waals surface area contributed by atoms with Crippen molar-refractivity contribution in [3.8, 4) is 0 Å². The molecule has 0 saturated carbocycles. The average Bonchev–Trinajstić information content (AvgIpc) is 2.74. The normalized spacial score (nSPS) is 10.6. The molecule has 0 aromatic carbocycles. The van der Waals surface area contributed by atoms with Crippen LogP contribution in [0.2, 0.25) is 0 Å². The number of hydrogen-bond donors (Lipinski definition) is 0. The smallest absolute Gasteiger partial charge is 0.319 e. The number of carbonyl (C=O) groups excluding carboxylic acids is 2. The Bertz CT molecular complexity index is 442. The lowest BCUT2D eigenvalue weighted by atomic mass is 10.4. The van der Waals surface area contributed by atoms with Gasteiger partial charge in [0.05, 0.1) is 26.7 Å². The van der Waals surface area contributed by atoms with Crippen molar-refractivity contribution in [1.82, 2.24) is 9.80 Å². The van der Waals surface area contributed by atoms with Gasteiger partial charge >= 0.3 is 5.97 Å². The van der Waals surface area contributed by atoms with Crippen molar-refractivity contribution in [2.75, 3.05) is 34.3 Å². The summed E-state index contributed by atoms with van der Waals surface area (Å²) in [6.07, 6.45) is 0. The SMILES string of the molecule is COC(=O)CN(C)CC(=O)N(C)Cc1ccc(C)o1. The van der Waals surface area contributed by atoms with Gasteiger partial charge in [-0.3, -0.25) is 14.5 Å². The molecule has 19 heavy (non-hydrogen) atoms. The van der Waals surface area contributed by atoms with E-state index in [2.05, 4.69) is 4.74 Å². The fraction of sp³-hybridized carbons (Fsp3) is 0.538. The van der Waals surface area contributed by atoms with Crippen LogP contribution in [0, 0.1) is 6.92 Å². The molecule has 0 fully saturated rings. The molecule has 1 heterocycles. The highest BCUT2D eigenvalue weighted by atomic mass is 16.5. The number of likely N-dealkylation sites (N-methyl/N-ethyl adjacent to an activating group) is 2. The lowest BCUT2D eigenvalue weighted by Crippen LogP contribution is -2.38. The highest BCUT2D eigenvalue weighted by Crippen LogP contribution is 2.08. The fourth-order valence-electron chi connectivity index (χ4n) is 1.58. The minimum absolute atomic E-state index is 0.0829. The van der Waals surface area contributed by atoms with E-state index in [1.807, 2.05) is 19.1 Å². The number of carbonyl (C=O) groups is 2. The molecule has 1 amide bonds. The molecule has 0 unspecified atom stereocenters. The first kappa shape index (κ1) is 15.2. The lowest BCUT2D eigenvalue weighted by Gasteiger charge is -2.20. The molecule has 0 N–H and O–H groups in total. The van der Waals surface area contributed by atoms with E-state index < -0.39 is 0 Å². The maximum absolute atomic E-state index is 11.9. The molecule has 0 bridgehead atoms. The Morgan fingerprint density at radius 2 is 1.95 bits per heavy atom. The van der Waals surface area contributed by atoms with E-state index in [1.54, 1.807) is 23.9 Å². The Morgan fingerprint density at radius 1 is 1.26 bits per heavy atom. The van der Waals surface area contributed by atoms with Crippen LogP contribution in [0.4, 0.5) is 0 Å². The van der Waals surface area contributed by atoms with Crippen molar-refractivity contribution in [3.63, 3.8) is 0 Å². The number of rotatable bonds is 6. The maximum Gasteiger partial charge on any atom is 0.319 e. The Kier molecular flexibility index (Phi) is 5.57. The van der Waals surface area contributed by atoms with Gasteiger partial charge in [0.25, 0.3) is 0 Å². The van der Waals surface area contributed by atoms with Crippen LogP contribution in [0.15, 0.2) is 16.5 Å². The zero-order chi connectivity index (χ0) is 14.4. The molecule has 0 radical (unpaired) electrons. The predicted octanol–water partition coefficient (Wildman–Crippen LogP) is 0.651. The second kappa shape index (κ2) is 6.94. The van der Waals surface area contributed by atoms with Gasteiger partial charge in [0.2, 0.25) is 5.91 Å². The number of aryl methyl sites for hydroxylation is 1. The van der Waals surface area contributed by atoms with Crippen molar-refractivity contribution in [2.45, 2.75) is 13.5 Å². The third kappa shape index (κ3) is 5.13. The van der Waals surface area contributed by atoms with Crippen LogP contribution in [-0.2, 0) is 20.9 Å². The van der Waals surface area contributed by atoms with Gasteiger partial charge in [-0.2, -0.15) is 0 Å². The summed E-state index contributed by atoms with van der Waals surface area (Å²) in [5, 5.41) is 0. The number of furan rings is 1. The second-order valence-corrected chi connectivity index (χ2v) is 4.51. The summed E-state index contributed by atoms with van der Waals surface area (Å²) >= 11 is 0. The average molecular weight is 268 g/mol. The molecule has 0 spiro atoms. The minimum atomic E-state index is -0.361. The second-order valence-electron chi connectivity index (χ2n) is 4.51. The van der Waals surface area contributed by atoms with Crippen LogP contribution in [0.5, 0.6) is 0 Å². The summed E-state index contributed by atoms with van der Waals surface area (Å²) in [6, 6.07) is 3.70. The van der Waals surface area contributed by atoms with E-state index in [-0.39, 0.29) is 25.0 Å². The fourth-order valence-corrected chi connectivity index (χ4v) is 1.58. The molecular formula is C13H20N2O4. The van der Waals surface area contributed by atoms with E-state index in [0.717, 1.165) is 11.5 Å². The summed E-state index contributed by atoms with van der Waals surface area (Å²) in [7, 11) is 4.72. The van der Waals surface area contributed by atoms with Gasteiger partial charge in [-0.05, 0) is 26.1 Å². The first-order valence-corrected chi connectivity index (χ1v) is 5.97. The summed E-state index contributed by atoms with van der Waals surface area (Å²) in [5.41, 5.74) is 0. The lowest BCUT2D eigenvalue weighted by molar-refractivity contribution is -0.142. The summed E-state index contributed by atoms with van der Waals surface area (Å²) < 4.78 is 9.95. The Balaban J connectivity index is 2.42. The zero-order valence-electron chi connectivity index (χ0n) is 11.8. The van der Waals surface area contributed by atoms with Crippen LogP contribution in [0.1, 0.15) is 11.5 Å². The van der Waals surface area contributed by atoms with Crippen molar-refractivity contribution in [3.05, 3.63) is 23.7 Å². The highest BCUT2D eigenvalue weighted by molar-refractivity contribution is 5.79. The van der Waals surface area contributed by atoms with Crippen LogP contribution in [0.25, 0.3) is 0 Å². The van der Waals surface area contributed by atoms with Gasteiger partial charge in [-0.25, -0.2) is 0 Å². The molecule has 1 aromatic heterocycles. The van der Waals surface area contributed by atoms with Crippen molar-refractivity contribution in [1.29, 1.82) is 0 Å². The third-order valence-corrected chi connectivity index (χ3v) is 2.65. The van der Waals surface area contributed by atoms with E-state index >= 15 is 0 Å². The standard InChI is InChI=1S/C13H20N2O4/c1-10-5-6-11(19-10)7-15(3)12(16)8-14(2)9-13(17)18-4/h5-6H,7-9H2,1-4H3. The first-order chi connectivity index (χ1) is 8.92. The molecule has 0 saturated heterocycles. The highest BCUT2D eigenvalue weighted by Gasteiger charge is 2.15. The summed E-state index contributed by atoms with van der Waals surface area (Å²) in [4.78, 5) is 26.2. The molecule has 0 aliphatic rings. The monoisotopic (exact) mass is 268 g/mol. The Morgan fingerprint density at radius 3 is 2.47 bits per heavy atom. The van der Waals surface area contributed by atoms with E-state index in [1.165, 1.54) is 7.11 Å². The summed E-state index contributed by atoms with van der Waals surface area (Å²) in [5.74, 6) is 1.11. The topological polar surface area (TPSA) is 63.0 Å². The number of nitrogens with zero attached hydrogens (tertiary/aromatic N) is 2. The number of hydrogen-bond acceptors (Lipinski definition) is 5. The van der Waals surface area contributed by atoms with Gasteiger partial charge in [0.15, 0.2) is 0 Å². The maximum atomic E-state index is 11.9. The van der Waals surface area contributed by atoms with Gasteiger partial charge in [0.1, 0.15) is 11.5 Å². The van der Waals surface area contributed by atoms with Gasteiger partial charge in [-0.1, -0.05) is 0 Å². The van der Waals surface area contributed by atoms with Crippen LogP contribution in [0.3, 0.4) is 0 Å². The molecule has 106 valence electrons. The molecule has 0 aliphatic carbocycles. The van der Waals surface area contributed by atoms with Gasteiger partial charge in [-0.15, -0.1) is 0 Å². The molecule has 0 aliphatic heterocycles. The Hall–Kier alpha value is -1.82. The van der Waals surface area contributed by atoms with Crippen molar-refractivity contribution >= 4 is 11.9 Å². The summed E-state index contributed by atoms with van der Waals surface area (Å²) in [6.45, 7) is 2.52. The predicted molar refractivity (Wildman–Crippen MR) is 69.4 cm³/mol.